The van der Waals surface area contributed by atoms with Crippen LogP contribution in [-0.4, -0.2) is 22.6 Å². The van der Waals surface area contributed by atoms with Crippen molar-refractivity contribution in [3.05, 3.63) is 35.9 Å². The van der Waals surface area contributed by atoms with Gasteiger partial charge in [-0.05, 0) is 19.4 Å². The standard InChI is InChI=1S/C13H15NO3.K.H/c1-13(2,12(16)17)11(15)10(14)8-9-6-4-3-5-7-9;;/h3-7,14H,8H2,1-2H3,(H,16,17);;/q;+1;-1. The number of carboxylic acids is 1. The van der Waals surface area contributed by atoms with Crippen LogP contribution in [0.4, 0.5) is 0 Å². The smallest absolute Gasteiger partial charge is 1.00 e. The molecule has 0 saturated carbocycles. The summed E-state index contributed by atoms with van der Waals surface area (Å²) in [6.07, 6.45) is 0.163. The molecule has 0 amide bonds. The first-order valence-electron chi connectivity index (χ1n) is 5.25. The first kappa shape index (κ1) is 17.7. The monoisotopic (exact) mass is 273 g/mol. The topological polar surface area (TPSA) is 78.2 Å². The predicted molar refractivity (Wildman–Crippen MR) is 65.4 cm³/mol. The number of ketones is 1. The summed E-state index contributed by atoms with van der Waals surface area (Å²) in [6.45, 7) is 2.63. The molecule has 0 saturated heterocycles. The van der Waals surface area contributed by atoms with Gasteiger partial charge in [0.2, 0.25) is 0 Å². The third kappa shape index (κ3) is 4.40. The van der Waals surface area contributed by atoms with E-state index in [1.165, 1.54) is 13.8 Å². The van der Waals surface area contributed by atoms with Gasteiger partial charge in [0.15, 0.2) is 5.78 Å². The summed E-state index contributed by atoms with van der Waals surface area (Å²) in [5, 5.41) is 16.6. The van der Waals surface area contributed by atoms with E-state index in [0.29, 0.717) is 0 Å². The van der Waals surface area contributed by atoms with Gasteiger partial charge in [0, 0.05) is 6.42 Å². The molecule has 18 heavy (non-hydrogen) atoms. The molecule has 4 nitrogen and oxygen atoms in total. The minimum Gasteiger partial charge on any atom is -1.00 e. The molecule has 2 N–H and O–H groups in total. The fourth-order valence-corrected chi connectivity index (χ4v) is 1.35. The molecule has 5 heteroatoms. The summed E-state index contributed by atoms with van der Waals surface area (Å²) in [5.74, 6) is -1.85. The molecule has 0 aromatic heterocycles. The van der Waals surface area contributed by atoms with Crippen LogP contribution in [0.5, 0.6) is 0 Å². The number of benzene rings is 1. The number of Topliss-reactive ketones (excluding diaryl/α,β-unsaturated/α-hetero) is 1. The molecule has 0 fully saturated rings. The van der Waals surface area contributed by atoms with Crippen LogP contribution >= 0.6 is 0 Å². The third-order valence-electron chi connectivity index (χ3n) is 2.60. The van der Waals surface area contributed by atoms with E-state index < -0.39 is 17.2 Å². The first-order valence-corrected chi connectivity index (χ1v) is 5.25. The average molecular weight is 273 g/mol. The van der Waals surface area contributed by atoms with Gasteiger partial charge in [-0.2, -0.15) is 0 Å². The normalized spacial score (nSPS) is 10.3. The molecular formula is C13H16KNO3. The molecule has 92 valence electrons. The van der Waals surface area contributed by atoms with E-state index >= 15 is 0 Å². The zero-order valence-corrected chi connectivity index (χ0v) is 14.0. The second kappa shape index (κ2) is 7.30. The summed E-state index contributed by atoms with van der Waals surface area (Å²) >= 11 is 0. The number of carbonyl (C=O) groups is 2. The maximum Gasteiger partial charge on any atom is 1.00 e. The van der Waals surface area contributed by atoms with E-state index in [9.17, 15) is 9.59 Å². The van der Waals surface area contributed by atoms with Crippen LogP contribution in [0.15, 0.2) is 30.3 Å². The molecule has 0 aliphatic rings. The van der Waals surface area contributed by atoms with Crippen molar-refractivity contribution in [1.82, 2.24) is 0 Å². The van der Waals surface area contributed by atoms with Gasteiger partial charge in [-0.3, -0.25) is 9.59 Å². The maximum atomic E-state index is 11.8. The van der Waals surface area contributed by atoms with Crippen molar-refractivity contribution < 1.29 is 67.5 Å². The Kier molecular flexibility index (Phi) is 7.17. The zero-order chi connectivity index (χ0) is 13.1. The fourth-order valence-electron chi connectivity index (χ4n) is 1.35. The first-order chi connectivity index (χ1) is 7.85. The van der Waals surface area contributed by atoms with Gasteiger partial charge in [-0.15, -0.1) is 0 Å². The van der Waals surface area contributed by atoms with E-state index in [-0.39, 0.29) is 64.9 Å². The molecule has 1 rings (SSSR count). The Hall–Kier alpha value is -0.334. The van der Waals surface area contributed by atoms with Gasteiger partial charge in [-0.25, -0.2) is 0 Å². The number of aliphatic carboxylic acids is 1. The summed E-state index contributed by atoms with van der Waals surface area (Å²) < 4.78 is 0. The Morgan fingerprint density at radius 1 is 1.28 bits per heavy atom. The van der Waals surface area contributed by atoms with Crippen molar-refractivity contribution in [1.29, 1.82) is 5.41 Å². The van der Waals surface area contributed by atoms with E-state index in [4.69, 9.17) is 10.5 Å². The fraction of sp³-hybridized carbons (Fsp3) is 0.308. The number of nitrogens with one attached hydrogen (secondary N) is 1. The molecule has 1 aromatic carbocycles. The van der Waals surface area contributed by atoms with Crippen LogP contribution in [0.2, 0.25) is 0 Å². The largest absolute Gasteiger partial charge is 1.00 e. The molecule has 0 radical (unpaired) electrons. The third-order valence-corrected chi connectivity index (χ3v) is 2.60. The van der Waals surface area contributed by atoms with E-state index in [2.05, 4.69) is 0 Å². The molecule has 0 spiro atoms. The molecule has 0 unspecified atom stereocenters. The van der Waals surface area contributed by atoms with Crippen LogP contribution in [0, 0.1) is 10.8 Å². The molecule has 0 heterocycles. The Bertz CT molecular complexity index is 460. The summed E-state index contributed by atoms with van der Waals surface area (Å²) in [7, 11) is 0. The van der Waals surface area contributed by atoms with Crippen LogP contribution < -0.4 is 51.4 Å². The Morgan fingerprint density at radius 3 is 2.22 bits per heavy atom. The molecule has 0 bridgehead atoms. The molecule has 1 aromatic rings. The van der Waals surface area contributed by atoms with Crippen LogP contribution in [0.1, 0.15) is 20.8 Å². The van der Waals surface area contributed by atoms with Gasteiger partial charge >= 0.3 is 57.4 Å². The van der Waals surface area contributed by atoms with Crippen molar-refractivity contribution in [3.63, 3.8) is 0 Å². The van der Waals surface area contributed by atoms with Gasteiger partial charge in [0.1, 0.15) is 5.41 Å². The molecular weight excluding hydrogens is 257 g/mol. The number of hydrogen-bond donors (Lipinski definition) is 2. The van der Waals surface area contributed by atoms with E-state index in [1.54, 1.807) is 12.1 Å². The average Bonchev–Trinajstić information content (AvgIpc) is 2.29. The van der Waals surface area contributed by atoms with Crippen LogP contribution in [0.25, 0.3) is 0 Å². The van der Waals surface area contributed by atoms with Gasteiger partial charge in [0.05, 0.1) is 5.71 Å². The number of carboxylic acid groups (broad SMARTS) is 1. The molecule has 0 aliphatic carbocycles. The minimum absolute atomic E-state index is 0. The quantitative estimate of drug-likeness (QED) is 0.412. The molecule has 0 atom stereocenters. The maximum absolute atomic E-state index is 11.8. The number of carbonyl (C=O) groups excluding carboxylic acids is 1. The van der Waals surface area contributed by atoms with E-state index in [1.807, 2.05) is 18.2 Å². The summed E-state index contributed by atoms with van der Waals surface area (Å²) in [6, 6.07) is 9.08. The molecule has 0 aliphatic heterocycles. The van der Waals surface area contributed by atoms with Crippen molar-refractivity contribution in [2.45, 2.75) is 20.3 Å². The minimum atomic E-state index is -1.54. The van der Waals surface area contributed by atoms with Crippen LogP contribution in [-0.2, 0) is 16.0 Å². The Morgan fingerprint density at radius 2 is 1.78 bits per heavy atom. The van der Waals surface area contributed by atoms with Gasteiger partial charge < -0.3 is 11.9 Å². The van der Waals surface area contributed by atoms with Crippen LogP contribution in [0.3, 0.4) is 0 Å². The van der Waals surface area contributed by atoms with Crippen molar-refractivity contribution >= 4 is 17.5 Å². The second-order valence-electron chi connectivity index (χ2n) is 4.40. The Balaban J connectivity index is 0. The predicted octanol–water partition coefficient (Wildman–Crippen LogP) is -0.955. The summed E-state index contributed by atoms with van der Waals surface area (Å²) in [5.41, 5.74) is -0.887. The van der Waals surface area contributed by atoms with E-state index in [0.717, 1.165) is 5.56 Å². The Labute approximate surface area is 150 Å². The van der Waals surface area contributed by atoms with Gasteiger partial charge in [-0.1, -0.05) is 30.3 Å². The van der Waals surface area contributed by atoms with Crippen molar-refractivity contribution in [2.24, 2.45) is 5.41 Å². The van der Waals surface area contributed by atoms with Crippen molar-refractivity contribution in [2.75, 3.05) is 0 Å². The zero-order valence-electron chi connectivity index (χ0n) is 11.9. The second-order valence-corrected chi connectivity index (χ2v) is 4.40. The number of rotatable bonds is 5. The number of hydrogen-bond acceptors (Lipinski definition) is 3. The van der Waals surface area contributed by atoms with Crippen molar-refractivity contribution in [3.8, 4) is 0 Å². The summed E-state index contributed by atoms with van der Waals surface area (Å²) in [4.78, 5) is 22.7. The SMILES string of the molecule is CC(C)(C(=O)O)C(=O)C(=N)Cc1ccccc1.[H-].[K+]. The van der Waals surface area contributed by atoms with Gasteiger partial charge in [0.25, 0.3) is 0 Å².